The molecule has 6 N–H and O–H groups in total. The van der Waals surface area contributed by atoms with Crippen molar-refractivity contribution in [2.45, 2.75) is 12.5 Å². The van der Waals surface area contributed by atoms with Crippen LogP contribution in [0, 0.1) is 0 Å². The van der Waals surface area contributed by atoms with Crippen LogP contribution in [-0.4, -0.2) is 16.8 Å². The van der Waals surface area contributed by atoms with Gasteiger partial charge in [0.05, 0.1) is 0 Å². The van der Waals surface area contributed by atoms with Gasteiger partial charge in [-0.05, 0) is 31.2 Å². The smallest absolute Gasteiger partial charge is 0.120 e. The van der Waals surface area contributed by atoms with Gasteiger partial charge in [-0.3, -0.25) is 0 Å². The Hall–Kier alpha value is -1.26. The van der Waals surface area contributed by atoms with Gasteiger partial charge in [-0.15, -0.1) is 0 Å². The van der Waals surface area contributed by atoms with Crippen LogP contribution in [0.3, 0.4) is 0 Å². The SMILES string of the molecule is NCC[C@H](N)c1cc(O)ccc1O. The summed E-state index contributed by atoms with van der Waals surface area (Å²) in [6, 6.07) is 3.96. The molecule has 0 radical (unpaired) electrons. The van der Waals surface area contributed by atoms with Gasteiger partial charge >= 0.3 is 0 Å². The van der Waals surface area contributed by atoms with Crippen molar-refractivity contribution < 1.29 is 10.2 Å². The lowest BCUT2D eigenvalue weighted by atomic mass is 10.0. The second-order valence-electron chi connectivity index (χ2n) is 2.93. The van der Waals surface area contributed by atoms with Crippen molar-refractivity contribution in [1.82, 2.24) is 0 Å². The fourth-order valence-electron chi connectivity index (χ4n) is 1.17. The van der Waals surface area contributed by atoms with Gasteiger partial charge in [0, 0.05) is 11.6 Å². The van der Waals surface area contributed by atoms with Crippen molar-refractivity contribution >= 4 is 0 Å². The number of hydrogen-bond acceptors (Lipinski definition) is 4. The van der Waals surface area contributed by atoms with E-state index in [-0.39, 0.29) is 17.5 Å². The highest BCUT2D eigenvalue weighted by Crippen LogP contribution is 2.27. The van der Waals surface area contributed by atoms with Gasteiger partial charge in [-0.25, -0.2) is 0 Å². The summed E-state index contributed by atoms with van der Waals surface area (Å²) in [4.78, 5) is 0. The van der Waals surface area contributed by atoms with Crippen LogP contribution in [0.4, 0.5) is 0 Å². The topological polar surface area (TPSA) is 92.5 Å². The zero-order valence-electron chi connectivity index (χ0n) is 7.27. The average Bonchev–Trinajstić information content (AvgIpc) is 2.09. The molecule has 0 bridgehead atoms. The quantitative estimate of drug-likeness (QED) is 0.510. The molecule has 0 saturated heterocycles. The maximum absolute atomic E-state index is 9.40. The number of nitrogens with two attached hydrogens (primary N) is 2. The maximum atomic E-state index is 9.40. The maximum Gasteiger partial charge on any atom is 0.120 e. The van der Waals surface area contributed by atoms with Gasteiger partial charge in [0.25, 0.3) is 0 Å². The zero-order chi connectivity index (χ0) is 9.84. The first kappa shape index (κ1) is 9.83. The molecule has 0 unspecified atom stereocenters. The monoisotopic (exact) mass is 182 g/mol. The van der Waals surface area contributed by atoms with Gasteiger partial charge in [-0.1, -0.05) is 0 Å². The van der Waals surface area contributed by atoms with Crippen LogP contribution in [0.1, 0.15) is 18.0 Å². The molecule has 4 heteroatoms. The summed E-state index contributed by atoms with van der Waals surface area (Å²) in [6.07, 6.45) is 0.580. The Bertz CT molecular complexity index is 289. The fraction of sp³-hybridized carbons (Fsp3) is 0.333. The Morgan fingerprint density at radius 2 is 2.00 bits per heavy atom. The van der Waals surface area contributed by atoms with Gasteiger partial charge in [0.1, 0.15) is 11.5 Å². The van der Waals surface area contributed by atoms with E-state index in [1.165, 1.54) is 18.2 Å². The summed E-state index contributed by atoms with van der Waals surface area (Å²) in [5.74, 6) is 0.194. The Morgan fingerprint density at radius 1 is 1.31 bits per heavy atom. The van der Waals surface area contributed by atoms with Crippen LogP contribution in [-0.2, 0) is 0 Å². The van der Waals surface area contributed by atoms with Gasteiger partial charge < -0.3 is 21.7 Å². The number of hydrogen-bond donors (Lipinski definition) is 4. The highest BCUT2D eigenvalue weighted by atomic mass is 16.3. The molecular weight excluding hydrogens is 168 g/mol. The molecule has 0 amide bonds. The largest absolute Gasteiger partial charge is 0.508 e. The normalized spacial score (nSPS) is 12.8. The Morgan fingerprint density at radius 3 is 2.62 bits per heavy atom. The molecule has 1 rings (SSSR count). The number of phenols is 2. The first-order valence-corrected chi connectivity index (χ1v) is 4.12. The molecular formula is C9H14N2O2. The molecule has 0 spiro atoms. The third-order valence-electron chi connectivity index (χ3n) is 1.89. The van der Waals surface area contributed by atoms with Crippen LogP contribution in [0.15, 0.2) is 18.2 Å². The van der Waals surface area contributed by atoms with Crippen molar-refractivity contribution in [2.75, 3.05) is 6.54 Å². The van der Waals surface area contributed by atoms with Crippen LogP contribution in [0.5, 0.6) is 11.5 Å². The van der Waals surface area contributed by atoms with E-state index in [1.54, 1.807) is 0 Å². The Kier molecular flexibility index (Phi) is 3.11. The summed E-state index contributed by atoms with van der Waals surface area (Å²) in [5, 5.41) is 18.6. The van der Waals surface area contributed by atoms with Gasteiger partial charge in [-0.2, -0.15) is 0 Å². The Labute approximate surface area is 76.8 Å². The predicted octanol–water partition coefficient (Wildman–Crippen LogP) is 0.446. The van der Waals surface area contributed by atoms with Gasteiger partial charge in [0.2, 0.25) is 0 Å². The lowest BCUT2D eigenvalue weighted by Gasteiger charge is -2.12. The number of benzene rings is 1. The molecule has 0 aromatic heterocycles. The van der Waals surface area contributed by atoms with E-state index in [0.29, 0.717) is 18.5 Å². The van der Waals surface area contributed by atoms with E-state index >= 15 is 0 Å². The first-order chi connectivity index (χ1) is 6.15. The van der Waals surface area contributed by atoms with Crippen molar-refractivity contribution in [2.24, 2.45) is 11.5 Å². The zero-order valence-corrected chi connectivity index (χ0v) is 7.27. The van der Waals surface area contributed by atoms with Crippen LogP contribution < -0.4 is 11.5 Å². The molecule has 0 aliphatic rings. The third kappa shape index (κ3) is 2.34. The predicted molar refractivity (Wildman–Crippen MR) is 50.4 cm³/mol. The summed E-state index contributed by atoms with van der Waals surface area (Å²) < 4.78 is 0. The van der Waals surface area contributed by atoms with Crippen molar-refractivity contribution in [3.63, 3.8) is 0 Å². The van der Waals surface area contributed by atoms with Crippen molar-refractivity contribution in [3.8, 4) is 11.5 Å². The minimum Gasteiger partial charge on any atom is -0.508 e. The number of aromatic hydroxyl groups is 2. The highest BCUT2D eigenvalue weighted by Gasteiger charge is 2.10. The van der Waals surface area contributed by atoms with E-state index in [9.17, 15) is 5.11 Å². The van der Waals surface area contributed by atoms with Crippen LogP contribution >= 0.6 is 0 Å². The molecule has 0 aliphatic heterocycles. The molecule has 1 aromatic rings. The molecule has 1 aromatic carbocycles. The van der Waals surface area contributed by atoms with Gasteiger partial charge in [0.15, 0.2) is 0 Å². The summed E-state index contributed by atoms with van der Waals surface area (Å²) in [7, 11) is 0. The standard InChI is InChI=1S/C9H14N2O2/c10-4-3-8(11)7-5-6(12)1-2-9(7)13/h1-2,5,8,12-13H,3-4,10-11H2/t8-/m0/s1. The van der Waals surface area contributed by atoms with E-state index in [0.717, 1.165) is 0 Å². The lowest BCUT2D eigenvalue weighted by Crippen LogP contribution is -2.15. The van der Waals surface area contributed by atoms with E-state index in [2.05, 4.69) is 0 Å². The van der Waals surface area contributed by atoms with Crippen molar-refractivity contribution in [3.05, 3.63) is 23.8 Å². The minimum absolute atomic E-state index is 0.0961. The highest BCUT2D eigenvalue weighted by molar-refractivity contribution is 5.40. The minimum atomic E-state index is -0.322. The molecule has 1 atom stereocenters. The molecule has 13 heavy (non-hydrogen) atoms. The first-order valence-electron chi connectivity index (χ1n) is 4.12. The van der Waals surface area contributed by atoms with Crippen LogP contribution in [0.2, 0.25) is 0 Å². The second-order valence-corrected chi connectivity index (χ2v) is 2.93. The fourth-order valence-corrected chi connectivity index (χ4v) is 1.17. The van der Waals surface area contributed by atoms with E-state index < -0.39 is 0 Å². The molecule has 0 fully saturated rings. The van der Waals surface area contributed by atoms with Crippen molar-refractivity contribution in [1.29, 1.82) is 0 Å². The molecule has 0 saturated carbocycles. The molecule has 72 valence electrons. The third-order valence-corrected chi connectivity index (χ3v) is 1.89. The summed E-state index contributed by atoms with van der Waals surface area (Å²) in [5.41, 5.74) is 11.6. The van der Waals surface area contributed by atoms with E-state index in [1.807, 2.05) is 0 Å². The Balaban J connectivity index is 2.91. The lowest BCUT2D eigenvalue weighted by molar-refractivity contribution is 0.446. The molecule has 4 nitrogen and oxygen atoms in total. The van der Waals surface area contributed by atoms with E-state index in [4.69, 9.17) is 16.6 Å². The summed E-state index contributed by atoms with van der Waals surface area (Å²) in [6.45, 7) is 0.455. The number of phenolic OH excluding ortho intramolecular Hbond substituents is 2. The molecule has 0 heterocycles. The second kappa shape index (κ2) is 4.11. The number of rotatable bonds is 3. The van der Waals surface area contributed by atoms with Crippen LogP contribution in [0.25, 0.3) is 0 Å². The summed E-state index contributed by atoms with van der Waals surface area (Å²) >= 11 is 0. The average molecular weight is 182 g/mol. The molecule has 0 aliphatic carbocycles.